The van der Waals surface area contributed by atoms with Crippen LogP contribution in [0.4, 0.5) is 0 Å². The number of nitrogens with zero attached hydrogens (tertiary/aromatic N) is 4. The van der Waals surface area contributed by atoms with Gasteiger partial charge in [0.05, 0.1) is 18.8 Å². The summed E-state index contributed by atoms with van der Waals surface area (Å²) < 4.78 is 5.52. The number of benzene rings is 1. The highest BCUT2D eigenvalue weighted by molar-refractivity contribution is 5.74. The fourth-order valence-electron chi connectivity index (χ4n) is 3.39. The normalized spacial score (nSPS) is 18.2. The minimum Gasteiger partial charge on any atom is -0.496 e. The summed E-state index contributed by atoms with van der Waals surface area (Å²) >= 11 is 0. The van der Waals surface area contributed by atoms with Crippen molar-refractivity contribution in [2.24, 2.45) is 0 Å². The summed E-state index contributed by atoms with van der Waals surface area (Å²) in [5.74, 6) is 1.69. The van der Waals surface area contributed by atoms with Crippen LogP contribution in [0.1, 0.15) is 30.0 Å². The van der Waals surface area contributed by atoms with Gasteiger partial charge >= 0.3 is 0 Å². The lowest BCUT2D eigenvalue weighted by molar-refractivity contribution is -0.134. The molecule has 0 saturated carbocycles. The standard InChI is InChI=1S/C19H24N4O2/c1-14-20-9-8-16(21-14)12-22-10-11-23(15(2)24)18(13-22)17-6-4-5-7-19(17)25-3/h4-9,18H,10-13H2,1-3H3. The fraction of sp³-hybridized carbons (Fsp3) is 0.421. The van der Waals surface area contributed by atoms with Crippen molar-refractivity contribution in [2.75, 3.05) is 26.7 Å². The van der Waals surface area contributed by atoms with Gasteiger partial charge in [0, 0.05) is 44.9 Å². The molecule has 0 N–H and O–H groups in total. The molecular weight excluding hydrogens is 316 g/mol. The molecule has 1 fully saturated rings. The van der Waals surface area contributed by atoms with Gasteiger partial charge in [-0.25, -0.2) is 9.97 Å². The summed E-state index contributed by atoms with van der Waals surface area (Å²) in [6, 6.07) is 9.85. The molecule has 1 saturated heterocycles. The van der Waals surface area contributed by atoms with E-state index >= 15 is 0 Å². The average Bonchev–Trinajstić information content (AvgIpc) is 2.61. The van der Waals surface area contributed by atoms with Gasteiger partial charge in [-0.05, 0) is 19.1 Å². The molecule has 1 aliphatic rings. The fourth-order valence-corrected chi connectivity index (χ4v) is 3.39. The van der Waals surface area contributed by atoms with Gasteiger partial charge in [0.2, 0.25) is 5.91 Å². The van der Waals surface area contributed by atoms with Crippen LogP contribution in [0.25, 0.3) is 0 Å². The zero-order valence-electron chi connectivity index (χ0n) is 15.0. The summed E-state index contributed by atoms with van der Waals surface area (Å²) in [6.45, 7) is 6.56. The Bertz CT molecular complexity index is 750. The maximum Gasteiger partial charge on any atom is 0.220 e. The quantitative estimate of drug-likeness (QED) is 0.854. The van der Waals surface area contributed by atoms with Crippen molar-refractivity contribution >= 4 is 5.91 Å². The number of amides is 1. The number of aromatic nitrogens is 2. The van der Waals surface area contributed by atoms with Gasteiger partial charge < -0.3 is 9.64 Å². The summed E-state index contributed by atoms with van der Waals surface area (Å²) in [5, 5.41) is 0. The van der Waals surface area contributed by atoms with Crippen LogP contribution >= 0.6 is 0 Å². The van der Waals surface area contributed by atoms with Crippen molar-refractivity contribution in [3.05, 3.63) is 53.6 Å². The van der Waals surface area contributed by atoms with E-state index in [0.717, 1.165) is 42.5 Å². The van der Waals surface area contributed by atoms with Crippen LogP contribution in [0.3, 0.4) is 0 Å². The number of hydrogen-bond donors (Lipinski definition) is 0. The van der Waals surface area contributed by atoms with E-state index in [9.17, 15) is 4.79 Å². The van der Waals surface area contributed by atoms with Crippen molar-refractivity contribution in [3.63, 3.8) is 0 Å². The number of ether oxygens (including phenoxy) is 1. The van der Waals surface area contributed by atoms with Crippen LogP contribution in [-0.2, 0) is 11.3 Å². The lowest BCUT2D eigenvalue weighted by atomic mass is 10.0. The van der Waals surface area contributed by atoms with E-state index in [4.69, 9.17) is 4.74 Å². The summed E-state index contributed by atoms with van der Waals surface area (Å²) in [7, 11) is 1.67. The lowest BCUT2D eigenvalue weighted by Crippen LogP contribution is -2.49. The van der Waals surface area contributed by atoms with Gasteiger partial charge in [0.25, 0.3) is 0 Å². The zero-order valence-corrected chi connectivity index (χ0v) is 15.0. The van der Waals surface area contributed by atoms with Crippen LogP contribution in [0.2, 0.25) is 0 Å². The number of piperazine rings is 1. The molecule has 0 spiro atoms. The topological polar surface area (TPSA) is 58.6 Å². The number of aryl methyl sites for hydroxylation is 1. The maximum absolute atomic E-state index is 12.1. The summed E-state index contributed by atoms with van der Waals surface area (Å²) in [6.07, 6.45) is 1.79. The molecular formula is C19H24N4O2. The average molecular weight is 340 g/mol. The van der Waals surface area contributed by atoms with E-state index in [0.29, 0.717) is 6.54 Å². The highest BCUT2D eigenvalue weighted by Gasteiger charge is 2.31. The van der Waals surface area contributed by atoms with E-state index in [1.54, 1.807) is 20.2 Å². The van der Waals surface area contributed by atoms with Crippen molar-refractivity contribution in [1.29, 1.82) is 0 Å². The molecule has 0 radical (unpaired) electrons. The van der Waals surface area contributed by atoms with Gasteiger partial charge in [0.1, 0.15) is 11.6 Å². The minimum absolute atomic E-state index is 0.0228. The minimum atomic E-state index is -0.0228. The van der Waals surface area contributed by atoms with E-state index in [2.05, 4.69) is 14.9 Å². The number of hydrogen-bond acceptors (Lipinski definition) is 5. The summed E-state index contributed by atoms with van der Waals surface area (Å²) in [4.78, 5) is 25.0. The van der Waals surface area contributed by atoms with Crippen LogP contribution < -0.4 is 4.74 Å². The van der Waals surface area contributed by atoms with Gasteiger partial charge in [-0.1, -0.05) is 18.2 Å². The van der Waals surface area contributed by atoms with Gasteiger partial charge in [0.15, 0.2) is 0 Å². The Balaban J connectivity index is 1.83. The number of carbonyl (C=O) groups is 1. The third-order valence-electron chi connectivity index (χ3n) is 4.59. The van der Waals surface area contributed by atoms with E-state index in [1.807, 2.05) is 42.2 Å². The Labute approximate surface area is 148 Å². The second-order valence-corrected chi connectivity index (χ2v) is 6.30. The largest absolute Gasteiger partial charge is 0.496 e. The van der Waals surface area contributed by atoms with E-state index in [1.165, 1.54) is 0 Å². The zero-order chi connectivity index (χ0) is 17.8. The molecule has 2 heterocycles. The van der Waals surface area contributed by atoms with Gasteiger partial charge in [-0.2, -0.15) is 0 Å². The predicted molar refractivity (Wildman–Crippen MR) is 95.2 cm³/mol. The highest BCUT2D eigenvalue weighted by Crippen LogP contribution is 2.32. The molecule has 6 nitrogen and oxygen atoms in total. The first kappa shape index (κ1) is 17.4. The van der Waals surface area contributed by atoms with Gasteiger partial charge in [-0.3, -0.25) is 9.69 Å². The van der Waals surface area contributed by atoms with Crippen molar-refractivity contribution in [1.82, 2.24) is 19.8 Å². The third-order valence-corrected chi connectivity index (χ3v) is 4.59. The van der Waals surface area contributed by atoms with E-state index < -0.39 is 0 Å². The molecule has 1 unspecified atom stereocenters. The van der Waals surface area contributed by atoms with Crippen molar-refractivity contribution in [3.8, 4) is 5.75 Å². The molecule has 1 amide bonds. The molecule has 1 aromatic carbocycles. The molecule has 1 atom stereocenters. The number of para-hydroxylation sites is 1. The first-order valence-electron chi connectivity index (χ1n) is 8.49. The number of carbonyl (C=O) groups excluding carboxylic acids is 1. The molecule has 0 bridgehead atoms. The van der Waals surface area contributed by atoms with Crippen molar-refractivity contribution in [2.45, 2.75) is 26.4 Å². The van der Waals surface area contributed by atoms with Crippen LogP contribution in [0, 0.1) is 6.92 Å². The molecule has 25 heavy (non-hydrogen) atoms. The first-order valence-corrected chi connectivity index (χ1v) is 8.49. The SMILES string of the molecule is COc1ccccc1C1CN(Cc2ccnc(C)n2)CCN1C(C)=O. The molecule has 6 heteroatoms. The third kappa shape index (κ3) is 3.96. The Morgan fingerprint density at radius 3 is 2.80 bits per heavy atom. The van der Waals surface area contributed by atoms with Crippen LogP contribution in [0.15, 0.2) is 36.5 Å². The molecule has 2 aromatic rings. The Hall–Kier alpha value is -2.47. The molecule has 1 aliphatic heterocycles. The Morgan fingerprint density at radius 1 is 1.28 bits per heavy atom. The first-order chi connectivity index (χ1) is 12.1. The monoisotopic (exact) mass is 340 g/mol. The number of rotatable bonds is 4. The summed E-state index contributed by atoms with van der Waals surface area (Å²) in [5.41, 5.74) is 2.05. The second-order valence-electron chi connectivity index (χ2n) is 6.30. The second kappa shape index (κ2) is 7.61. The van der Waals surface area contributed by atoms with Crippen LogP contribution in [-0.4, -0.2) is 52.4 Å². The lowest BCUT2D eigenvalue weighted by Gasteiger charge is -2.41. The molecule has 1 aromatic heterocycles. The molecule has 0 aliphatic carbocycles. The van der Waals surface area contributed by atoms with E-state index in [-0.39, 0.29) is 11.9 Å². The predicted octanol–water partition coefficient (Wildman–Crippen LogP) is 2.20. The van der Waals surface area contributed by atoms with Crippen LogP contribution in [0.5, 0.6) is 5.75 Å². The highest BCUT2D eigenvalue weighted by atomic mass is 16.5. The molecule has 3 rings (SSSR count). The number of methoxy groups -OCH3 is 1. The van der Waals surface area contributed by atoms with Gasteiger partial charge in [-0.15, -0.1) is 0 Å². The molecule has 132 valence electrons. The maximum atomic E-state index is 12.1. The Morgan fingerprint density at radius 2 is 2.08 bits per heavy atom. The van der Waals surface area contributed by atoms with Crippen molar-refractivity contribution < 1.29 is 9.53 Å². The Kier molecular flexibility index (Phi) is 5.28. The smallest absolute Gasteiger partial charge is 0.220 e.